The number of likely N-dealkylation sites (N-methyl/N-ethyl adjacent to an activating group) is 1. The molecule has 0 aliphatic carbocycles. The summed E-state index contributed by atoms with van der Waals surface area (Å²) in [5.41, 5.74) is 7.73. The number of nitrogens with zero attached hydrogens (tertiary/aromatic N) is 4. The van der Waals surface area contributed by atoms with E-state index in [1.807, 2.05) is 24.7 Å². The lowest BCUT2D eigenvalue weighted by Crippen LogP contribution is -2.44. The third-order valence-electron chi connectivity index (χ3n) is 6.58. The first kappa shape index (κ1) is 22.6. The number of hydrogen-bond acceptors (Lipinski definition) is 6. The van der Waals surface area contributed by atoms with E-state index in [0.717, 1.165) is 72.3 Å². The second-order valence-corrected chi connectivity index (χ2v) is 8.74. The molecule has 4 rings (SSSR count). The first-order valence-corrected chi connectivity index (χ1v) is 11.6. The molecule has 2 saturated heterocycles. The van der Waals surface area contributed by atoms with Crippen LogP contribution in [0.1, 0.15) is 39.2 Å². The topological polar surface area (TPSA) is 55.8 Å². The van der Waals surface area contributed by atoms with E-state index in [1.54, 1.807) is 0 Å². The summed E-state index contributed by atoms with van der Waals surface area (Å²) in [4.78, 5) is 13.4. The monoisotopic (exact) mass is 442 g/mol. The van der Waals surface area contributed by atoms with Gasteiger partial charge in [-0.2, -0.15) is 0 Å². The Balaban J connectivity index is 1.55. The second-order valence-electron chi connectivity index (χ2n) is 8.74. The lowest BCUT2D eigenvalue weighted by Gasteiger charge is -2.41. The zero-order chi connectivity index (χ0) is 23.5. The Hall–Kier alpha value is -3.54. The van der Waals surface area contributed by atoms with E-state index in [2.05, 4.69) is 83.1 Å². The van der Waals surface area contributed by atoms with Gasteiger partial charge in [-0.1, -0.05) is 19.7 Å². The van der Waals surface area contributed by atoms with Crippen LogP contribution in [0.4, 0.5) is 5.82 Å². The summed E-state index contributed by atoms with van der Waals surface area (Å²) in [6, 6.07) is 4.42. The van der Waals surface area contributed by atoms with Crippen LogP contribution in [-0.2, 0) is 0 Å². The Labute approximate surface area is 197 Å². The summed E-state index contributed by atoms with van der Waals surface area (Å²) in [5.74, 6) is 1.58. The molecule has 1 aromatic heterocycles. The molecule has 3 aliphatic rings. The van der Waals surface area contributed by atoms with Crippen molar-refractivity contribution in [2.45, 2.75) is 39.7 Å². The maximum absolute atomic E-state index is 4.51. The van der Waals surface area contributed by atoms with Crippen molar-refractivity contribution in [1.29, 1.82) is 0 Å². The minimum absolute atomic E-state index is 0.353. The van der Waals surface area contributed by atoms with Crippen LogP contribution in [0.15, 0.2) is 89.4 Å². The summed E-state index contributed by atoms with van der Waals surface area (Å²) < 4.78 is 0. The van der Waals surface area contributed by atoms with Gasteiger partial charge in [-0.05, 0) is 67.7 Å². The van der Waals surface area contributed by atoms with E-state index in [1.165, 1.54) is 11.1 Å². The molecular formula is C27H34N6. The number of piperazine rings is 1. The van der Waals surface area contributed by atoms with Gasteiger partial charge in [-0.15, -0.1) is 0 Å². The number of fused-ring (bicyclic) bond motifs is 2. The van der Waals surface area contributed by atoms with Gasteiger partial charge in [-0.3, -0.25) is 4.99 Å². The van der Waals surface area contributed by atoms with Crippen molar-refractivity contribution in [2.24, 2.45) is 4.99 Å². The van der Waals surface area contributed by atoms with Gasteiger partial charge in [0.1, 0.15) is 11.6 Å². The summed E-state index contributed by atoms with van der Waals surface area (Å²) in [6.07, 6.45) is 9.81. The molecule has 0 saturated carbocycles. The molecule has 33 heavy (non-hydrogen) atoms. The van der Waals surface area contributed by atoms with E-state index in [-0.39, 0.29) is 0 Å². The molecule has 0 amide bonds. The number of anilines is 1. The van der Waals surface area contributed by atoms with Crippen LogP contribution in [0.3, 0.4) is 0 Å². The predicted molar refractivity (Wildman–Crippen MR) is 138 cm³/mol. The van der Waals surface area contributed by atoms with Crippen molar-refractivity contribution in [3.63, 3.8) is 0 Å². The van der Waals surface area contributed by atoms with Crippen LogP contribution in [0, 0.1) is 0 Å². The van der Waals surface area contributed by atoms with Gasteiger partial charge >= 0.3 is 0 Å². The fourth-order valence-corrected chi connectivity index (χ4v) is 4.60. The van der Waals surface area contributed by atoms with Crippen LogP contribution in [0.5, 0.6) is 0 Å². The number of aromatic nitrogens is 1. The Bertz CT molecular complexity index is 1100. The molecule has 0 radical (unpaired) electrons. The lowest BCUT2D eigenvalue weighted by molar-refractivity contribution is 0.263. The molecule has 1 aromatic rings. The molecule has 3 aliphatic heterocycles. The number of rotatable bonds is 8. The van der Waals surface area contributed by atoms with E-state index in [9.17, 15) is 0 Å². The highest BCUT2D eigenvalue weighted by Gasteiger charge is 2.38. The molecule has 172 valence electrons. The third kappa shape index (κ3) is 4.65. The fourth-order valence-electron chi connectivity index (χ4n) is 4.60. The molecular weight excluding hydrogens is 408 g/mol. The Kier molecular flexibility index (Phi) is 6.54. The van der Waals surface area contributed by atoms with Crippen LogP contribution in [0.2, 0.25) is 0 Å². The maximum atomic E-state index is 4.51. The Morgan fingerprint density at radius 2 is 2.12 bits per heavy atom. The Morgan fingerprint density at radius 1 is 1.30 bits per heavy atom. The van der Waals surface area contributed by atoms with E-state index < -0.39 is 0 Å². The largest absolute Gasteiger partial charge is 0.386 e. The lowest BCUT2D eigenvalue weighted by atomic mass is 10.0. The van der Waals surface area contributed by atoms with Gasteiger partial charge in [0.15, 0.2) is 0 Å². The average Bonchev–Trinajstić information content (AvgIpc) is 3.48. The quantitative estimate of drug-likeness (QED) is 0.553. The van der Waals surface area contributed by atoms with Crippen molar-refractivity contribution in [2.75, 3.05) is 25.0 Å². The number of nitrogens with one attached hydrogen (secondary N) is 2. The Morgan fingerprint density at radius 3 is 2.85 bits per heavy atom. The van der Waals surface area contributed by atoms with Crippen LogP contribution in [0.25, 0.3) is 5.57 Å². The predicted octanol–water partition coefficient (Wildman–Crippen LogP) is 5.03. The van der Waals surface area contributed by atoms with Gasteiger partial charge in [0.25, 0.3) is 0 Å². The van der Waals surface area contributed by atoms with Gasteiger partial charge in [0.2, 0.25) is 0 Å². The molecule has 2 N–H and O–H groups in total. The number of pyridine rings is 1. The van der Waals surface area contributed by atoms with Crippen molar-refractivity contribution < 1.29 is 0 Å². The molecule has 0 spiro atoms. The maximum Gasteiger partial charge on any atom is 0.131 e. The van der Waals surface area contributed by atoms with Crippen molar-refractivity contribution in [3.05, 3.63) is 90.0 Å². The summed E-state index contributed by atoms with van der Waals surface area (Å²) >= 11 is 0. The summed E-state index contributed by atoms with van der Waals surface area (Å²) in [7, 11) is 0. The standard InChI is InChI=1S/C27H34N6/c1-7-29-20(4)19(3)18(2)14-26-21(5)33(25-10-13-32(26)17-25)22(6)31-27-15-23(9-12-30-27)24-8-11-28-16-24/h9,11-12,14-16,25,29H,4-8,10,13,17H2,1-3H3,(H,30,31)/b19-18+,26-14+. The molecule has 6 nitrogen and oxygen atoms in total. The van der Waals surface area contributed by atoms with E-state index in [0.29, 0.717) is 6.04 Å². The minimum atomic E-state index is 0.353. The highest BCUT2D eigenvalue weighted by molar-refractivity contribution is 5.84. The van der Waals surface area contributed by atoms with Gasteiger partial charge in [-0.25, -0.2) is 4.98 Å². The van der Waals surface area contributed by atoms with Gasteiger partial charge in [0.05, 0.1) is 17.4 Å². The smallest absolute Gasteiger partial charge is 0.131 e. The first-order valence-electron chi connectivity index (χ1n) is 11.6. The molecule has 0 aromatic carbocycles. The molecule has 1 atom stereocenters. The highest BCUT2D eigenvalue weighted by Crippen LogP contribution is 2.37. The molecule has 2 bridgehead atoms. The third-order valence-corrected chi connectivity index (χ3v) is 6.58. The number of hydrogen-bond donors (Lipinski definition) is 2. The number of allylic oxidation sites excluding steroid dienone is 4. The average molecular weight is 443 g/mol. The second kappa shape index (κ2) is 9.53. The minimum Gasteiger partial charge on any atom is -0.386 e. The SMILES string of the molecule is C=C(NCC)/C(C)=C(C)/C=C1\C(=C)N(C(=C)Nc2cc(C3=CN=CC3)ccn2)C2CCN1C2. The summed E-state index contributed by atoms with van der Waals surface area (Å²) in [6.45, 7) is 22.2. The van der Waals surface area contributed by atoms with Crippen molar-refractivity contribution in [3.8, 4) is 0 Å². The fraction of sp³-hybridized carbons (Fsp3) is 0.333. The molecule has 2 fully saturated rings. The van der Waals surface area contributed by atoms with Gasteiger partial charge < -0.3 is 20.4 Å². The molecule has 1 unspecified atom stereocenters. The highest BCUT2D eigenvalue weighted by atomic mass is 15.4. The van der Waals surface area contributed by atoms with Gasteiger partial charge in [0, 0.05) is 50.4 Å². The van der Waals surface area contributed by atoms with E-state index >= 15 is 0 Å². The van der Waals surface area contributed by atoms with Crippen molar-refractivity contribution >= 4 is 17.6 Å². The normalized spacial score (nSPS) is 21.3. The molecule has 4 heterocycles. The van der Waals surface area contributed by atoms with Crippen LogP contribution >= 0.6 is 0 Å². The van der Waals surface area contributed by atoms with E-state index in [4.69, 9.17) is 0 Å². The summed E-state index contributed by atoms with van der Waals surface area (Å²) in [5, 5.41) is 6.75. The van der Waals surface area contributed by atoms with Crippen LogP contribution < -0.4 is 10.6 Å². The first-order chi connectivity index (χ1) is 15.9. The zero-order valence-corrected chi connectivity index (χ0v) is 20.0. The number of aliphatic imine (C=N–C) groups is 1. The zero-order valence-electron chi connectivity index (χ0n) is 20.0. The van der Waals surface area contributed by atoms with Crippen LogP contribution in [-0.4, -0.2) is 46.7 Å². The van der Waals surface area contributed by atoms with Crippen molar-refractivity contribution in [1.82, 2.24) is 20.1 Å². The molecule has 6 heteroatoms.